The second kappa shape index (κ2) is 9.14. The number of H-pyrrole nitrogens is 1. The lowest BCUT2D eigenvalue weighted by molar-refractivity contribution is 0.744. The van der Waals surface area contributed by atoms with Crippen molar-refractivity contribution in [1.29, 1.82) is 5.26 Å². The van der Waals surface area contributed by atoms with E-state index in [1.54, 1.807) is 0 Å². The lowest BCUT2D eigenvalue weighted by Gasteiger charge is -2.13. The molecule has 0 unspecified atom stereocenters. The van der Waals surface area contributed by atoms with Gasteiger partial charge < -0.3 is 4.98 Å². The molecule has 1 aromatic heterocycles. The van der Waals surface area contributed by atoms with E-state index >= 15 is 0 Å². The van der Waals surface area contributed by atoms with Gasteiger partial charge in [-0.1, -0.05) is 68.8 Å². The Kier molecular flexibility index (Phi) is 6.39. The fraction of sp³-hybridized carbons (Fsp3) is 0.292. The molecule has 0 aliphatic rings. The van der Waals surface area contributed by atoms with Gasteiger partial charge in [0.05, 0.1) is 11.3 Å². The maximum Gasteiger partial charge on any atom is 0.254 e. The van der Waals surface area contributed by atoms with Crippen LogP contribution in [-0.4, -0.2) is 9.97 Å². The summed E-state index contributed by atoms with van der Waals surface area (Å²) in [6, 6.07) is 18.1. The highest BCUT2D eigenvalue weighted by Crippen LogP contribution is 2.27. The summed E-state index contributed by atoms with van der Waals surface area (Å²) in [7, 11) is 0. The van der Waals surface area contributed by atoms with Crippen LogP contribution in [0.5, 0.6) is 0 Å². The molecule has 0 radical (unpaired) electrons. The molecule has 1 N–H and O–H groups in total. The van der Waals surface area contributed by atoms with Crippen LogP contribution >= 0.6 is 0 Å². The number of aryl methyl sites for hydroxylation is 2. The number of hydrogen-bond acceptors (Lipinski definition) is 3. The zero-order valence-corrected chi connectivity index (χ0v) is 16.5. The average Bonchev–Trinajstić information content (AvgIpc) is 2.74. The molecule has 0 spiro atoms. The molecular formula is C24H25N3O. The summed E-state index contributed by atoms with van der Waals surface area (Å²) in [4.78, 5) is 20.3. The summed E-state index contributed by atoms with van der Waals surface area (Å²) in [6.07, 6.45) is 3.92. The molecule has 0 saturated heterocycles. The lowest BCUT2D eigenvalue weighted by atomic mass is 9.92. The van der Waals surface area contributed by atoms with Crippen LogP contribution in [0.25, 0.3) is 11.1 Å². The van der Waals surface area contributed by atoms with E-state index in [1.807, 2.05) is 55.5 Å². The van der Waals surface area contributed by atoms with Gasteiger partial charge in [0.2, 0.25) is 0 Å². The summed E-state index contributed by atoms with van der Waals surface area (Å²) >= 11 is 0. The Morgan fingerprint density at radius 2 is 1.86 bits per heavy atom. The van der Waals surface area contributed by atoms with Gasteiger partial charge in [-0.05, 0) is 29.5 Å². The molecule has 0 amide bonds. The Labute approximate surface area is 165 Å². The summed E-state index contributed by atoms with van der Waals surface area (Å²) in [5.41, 5.74) is 4.81. The summed E-state index contributed by atoms with van der Waals surface area (Å²) in [6.45, 7) is 4.11. The van der Waals surface area contributed by atoms with Crippen molar-refractivity contribution >= 4 is 0 Å². The molecule has 3 rings (SSSR count). The van der Waals surface area contributed by atoms with Gasteiger partial charge in [0, 0.05) is 18.4 Å². The zero-order valence-electron chi connectivity index (χ0n) is 16.5. The second-order valence-electron chi connectivity index (χ2n) is 6.89. The molecule has 2 aromatic carbocycles. The van der Waals surface area contributed by atoms with Gasteiger partial charge in [0.25, 0.3) is 5.56 Å². The highest BCUT2D eigenvalue weighted by Gasteiger charge is 2.16. The third-order valence-electron chi connectivity index (χ3n) is 4.97. The van der Waals surface area contributed by atoms with Crippen LogP contribution in [0.1, 0.15) is 54.9 Å². The van der Waals surface area contributed by atoms with Crippen molar-refractivity contribution in [2.75, 3.05) is 0 Å². The zero-order chi connectivity index (χ0) is 19.9. The standard InChI is InChI=1S/C24H25N3O/c1-3-5-14-22-20(24(28)27-23(4-2)26-22)15-18-12-9-13-19(21(18)16-25)17-10-7-6-8-11-17/h6-13H,3-5,14-15H2,1-2H3,(H,26,27,28). The van der Waals surface area contributed by atoms with Crippen LogP contribution in [0.3, 0.4) is 0 Å². The van der Waals surface area contributed by atoms with Gasteiger partial charge in [-0.25, -0.2) is 4.98 Å². The molecule has 3 aromatic rings. The minimum Gasteiger partial charge on any atom is -0.310 e. The van der Waals surface area contributed by atoms with Crippen molar-refractivity contribution in [1.82, 2.24) is 9.97 Å². The Hall–Kier alpha value is -3.19. The van der Waals surface area contributed by atoms with Crippen molar-refractivity contribution < 1.29 is 0 Å². The fourth-order valence-corrected chi connectivity index (χ4v) is 3.42. The van der Waals surface area contributed by atoms with Crippen molar-refractivity contribution in [3.63, 3.8) is 0 Å². The third kappa shape index (κ3) is 4.20. The van der Waals surface area contributed by atoms with Gasteiger partial charge in [-0.3, -0.25) is 4.79 Å². The lowest BCUT2D eigenvalue weighted by Crippen LogP contribution is -2.21. The van der Waals surface area contributed by atoms with Gasteiger partial charge >= 0.3 is 0 Å². The third-order valence-corrected chi connectivity index (χ3v) is 4.97. The first-order chi connectivity index (χ1) is 13.7. The number of nitriles is 1. The highest BCUT2D eigenvalue weighted by molar-refractivity contribution is 5.72. The van der Waals surface area contributed by atoms with E-state index in [4.69, 9.17) is 0 Å². The number of unbranched alkanes of at least 4 members (excludes halogenated alkanes) is 1. The van der Waals surface area contributed by atoms with Crippen LogP contribution in [0.2, 0.25) is 0 Å². The number of aromatic nitrogens is 2. The summed E-state index contributed by atoms with van der Waals surface area (Å²) in [5.74, 6) is 0.721. The normalized spacial score (nSPS) is 10.6. The quantitative estimate of drug-likeness (QED) is 0.648. The maximum absolute atomic E-state index is 12.8. The van der Waals surface area contributed by atoms with E-state index in [1.165, 1.54) is 0 Å². The smallest absolute Gasteiger partial charge is 0.254 e. The molecule has 0 aliphatic heterocycles. The maximum atomic E-state index is 12.8. The average molecular weight is 371 g/mol. The number of aromatic amines is 1. The van der Waals surface area contributed by atoms with Crippen LogP contribution in [0.4, 0.5) is 0 Å². The molecular weight excluding hydrogens is 346 g/mol. The molecule has 28 heavy (non-hydrogen) atoms. The molecule has 4 nitrogen and oxygen atoms in total. The molecule has 0 atom stereocenters. The Morgan fingerprint density at radius 3 is 2.54 bits per heavy atom. The Balaban J connectivity index is 2.07. The van der Waals surface area contributed by atoms with Crippen LogP contribution in [0, 0.1) is 11.3 Å². The Bertz CT molecular complexity index is 1050. The van der Waals surface area contributed by atoms with Crippen molar-refractivity contribution in [2.45, 2.75) is 46.0 Å². The molecule has 0 fully saturated rings. The van der Waals surface area contributed by atoms with Gasteiger partial charge in [0.1, 0.15) is 11.9 Å². The van der Waals surface area contributed by atoms with Gasteiger partial charge in [-0.2, -0.15) is 5.26 Å². The van der Waals surface area contributed by atoms with Crippen LogP contribution in [0.15, 0.2) is 53.3 Å². The number of nitrogens with zero attached hydrogens (tertiary/aromatic N) is 2. The van der Waals surface area contributed by atoms with Crippen molar-refractivity contribution in [3.8, 4) is 17.2 Å². The van der Waals surface area contributed by atoms with Crippen molar-refractivity contribution in [2.24, 2.45) is 0 Å². The van der Waals surface area contributed by atoms with E-state index in [9.17, 15) is 10.1 Å². The molecule has 1 heterocycles. The topological polar surface area (TPSA) is 69.5 Å². The first kappa shape index (κ1) is 19.6. The predicted octanol–water partition coefficient (Wildman–Crippen LogP) is 4.80. The molecule has 4 heteroatoms. The molecule has 0 saturated carbocycles. The van der Waals surface area contributed by atoms with E-state index in [2.05, 4.69) is 23.0 Å². The van der Waals surface area contributed by atoms with E-state index in [-0.39, 0.29) is 5.56 Å². The number of nitrogens with one attached hydrogen (secondary N) is 1. The predicted molar refractivity (Wildman–Crippen MR) is 112 cm³/mol. The molecule has 142 valence electrons. The fourth-order valence-electron chi connectivity index (χ4n) is 3.42. The molecule has 0 aliphatic carbocycles. The highest BCUT2D eigenvalue weighted by atomic mass is 16.1. The van der Waals surface area contributed by atoms with Gasteiger partial charge in [0.15, 0.2) is 0 Å². The second-order valence-corrected chi connectivity index (χ2v) is 6.89. The number of benzene rings is 2. The SMILES string of the molecule is CCCCc1nc(CC)[nH]c(=O)c1Cc1cccc(-c2ccccc2)c1C#N. The van der Waals surface area contributed by atoms with Crippen LogP contribution < -0.4 is 5.56 Å². The van der Waals surface area contributed by atoms with Gasteiger partial charge in [-0.15, -0.1) is 0 Å². The number of hydrogen-bond donors (Lipinski definition) is 1. The van der Waals surface area contributed by atoms with Crippen molar-refractivity contribution in [3.05, 3.63) is 87.1 Å². The summed E-state index contributed by atoms with van der Waals surface area (Å²) < 4.78 is 0. The van der Waals surface area contributed by atoms with E-state index in [0.29, 0.717) is 24.0 Å². The van der Waals surface area contributed by atoms with E-state index < -0.39 is 0 Å². The largest absolute Gasteiger partial charge is 0.310 e. The molecule has 0 bridgehead atoms. The first-order valence-corrected chi connectivity index (χ1v) is 9.86. The number of rotatable bonds is 7. The Morgan fingerprint density at radius 1 is 1.07 bits per heavy atom. The first-order valence-electron chi connectivity index (χ1n) is 9.86. The minimum atomic E-state index is -0.0908. The van der Waals surface area contributed by atoms with Crippen LogP contribution in [-0.2, 0) is 19.3 Å². The monoisotopic (exact) mass is 371 g/mol. The van der Waals surface area contributed by atoms with E-state index in [0.717, 1.165) is 47.5 Å². The minimum absolute atomic E-state index is 0.0908. The summed E-state index contributed by atoms with van der Waals surface area (Å²) in [5, 5.41) is 9.85.